The molecule has 0 aromatic rings. The molecule has 0 fully saturated rings. The molecule has 142 valence electrons. The van der Waals surface area contributed by atoms with Crippen LogP contribution < -0.4 is 0 Å². The largest absolute Gasteiger partial charge is 0.263 e. The van der Waals surface area contributed by atoms with Gasteiger partial charge >= 0.3 is 0 Å². The first-order valence-corrected chi connectivity index (χ1v) is 9.95. The molecule has 3 atom stereocenters. The first-order chi connectivity index (χ1) is 12.5. The van der Waals surface area contributed by atoms with Gasteiger partial charge in [-0.05, 0) is 69.9 Å². The Bertz CT molecular complexity index is 637. The lowest BCUT2D eigenvalue weighted by atomic mass is 9.81. The van der Waals surface area contributed by atoms with Crippen molar-refractivity contribution in [2.24, 2.45) is 22.7 Å². The molecule has 0 aliphatic heterocycles. The summed E-state index contributed by atoms with van der Waals surface area (Å²) in [5.41, 5.74) is 5.28. The van der Waals surface area contributed by atoms with Gasteiger partial charge in [0.1, 0.15) is 0 Å². The molecule has 0 aromatic heterocycles. The molecule has 0 saturated heterocycles. The van der Waals surface area contributed by atoms with Gasteiger partial charge in [0.25, 0.3) is 0 Å². The van der Waals surface area contributed by atoms with E-state index in [-0.39, 0.29) is 0 Å². The Kier molecular flexibility index (Phi) is 9.95. The van der Waals surface area contributed by atoms with Crippen molar-refractivity contribution in [3.05, 3.63) is 72.0 Å². The number of rotatable bonds is 10. The fourth-order valence-corrected chi connectivity index (χ4v) is 3.70. The van der Waals surface area contributed by atoms with Gasteiger partial charge in [0.05, 0.1) is 0 Å². The minimum Gasteiger partial charge on any atom is -0.263 e. The third-order valence-corrected chi connectivity index (χ3v) is 5.32. The first kappa shape index (κ1) is 22.2. The predicted octanol–water partition coefficient (Wildman–Crippen LogP) is 7.61. The fraction of sp³-hybridized carbons (Fsp3) is 0.480. The quantitative estimate of drug-likeness (QED) is 0.283. The van der Waals surface area contributed by atoms with E-state index < -0.39 is 0 Å². The molecule has 0 heterocycles. The van der Waals surface area contributed by atoms with E-state index in [1.165, 1.54) is 22.6 Å². The second-order valence-electron chi connectivity index (χ2n) is 7.19. The third-order valence-electron chi connectivity index (χ3n) is 5.32. The lowest BCUT2D eigenvalue weighted by Gasteiger charge is -2.25. The van der Waals surface area contributed by atoms with Crippen molar-refractivity contribution < 1.29 is 0 Å². The number of allylic oxidation sites excluding steroid dienone is 11. The molecule has 1 heteroatoms. The Labute approximate surface area is 161 Å². The predicted molar refractivity (Wildman–Crippen MR) is 119 cm³/mol. The summed E-state index contributed by atoms with van der Waals surface area (Å²) in [6.07, 6.45) is 20.6. The highest BCUT2D eigenvalue weighted by molar-refractivity contribution is 5.83. The lowest BCUT2D eigenvalue weighted by molar-refractivity contribution is 0.399. The van der Waals surface area contributed by atoms with E-state index in [0.717, 1.165) is 19.3 Å². The van der Waals surface area contributed by atoms with E-state index in [9.17, 15) is 0 Å². The van der Waals surface area contributed by atoms with Crippen LogP contribution in [0.15, 0.2) is 77.0 Å². The molecule has 1 aliphatic rings. The summed E-state index contributed by atoms with van der Waals surface area (Å²) in [6, 6.07) is 0. The van der Waals surface area contributed by atoms with Crippen LogP contribution in [0.3, 0.4) is 0 Å². The normalized spacial score (nSPS) is 19.6. The monoisotopic (exact) mass is 351 g/mol. The SMILES string of the molecule is C=CC(C(C)/C=C\C)C(C)/C(=C/C)N=C(C)CC/C(=C\C)C1=CC=CC1. The second-order valence-corrected chi connectivity index (χ2v) is 7.19. The Balaban J connectivity index is 2.78. The molecule has 0 bridgehead atoms. The van der Waals surface area contributed by atoms with Gasteiger partial charge in [-0.2, -0.15) is 0 Å². The topological polar surface area (TPSA) is 12.4 Å². The Morgan fingerprint density at radius 3 is 2.42 bits per heavy atom. The average Bonchev–Trinajstić information content (AvgIpc) is 3.15. The Morgan fingerprint density at radius 1 is 1.19 bits per heavy atom. The van der Waals surface area contributed by atoms with Crippen molar-refractivity contribution in [2.45, 2.75) is 60.8 Å². The summed E-state index contributed by atoms with van der Waals surface area (Å²) >= 11 is 0. The highest BCUT2D eigenvalue weighted by atomic mass is 14.8. The zero-order valence-corrected chi connectivity index (χ0v) is 17.6. The van der Waals surface area contributed by atoms with Crippen LogP contribution in [0.2, 0.25) is 0 Å². The van der Waals surface area contributed by atoms with E-state index in [0.29, 0.717) is 17.8 Å². The minimum absolute atomic E-state index is 0.363. The van der Waals surface area contributed by atoms with Crippen LogP contribution in [0.4, 0.5) is 0 Å². The van der Waals surface area contributed by atoms with Gasteiger partial charge in [0.2, 0.25) is 0 Å². The molecular formula is C25H37N. The van der Waals surface area contributed by atoms with E-state index in [4.69, 9.17) is 4.99 Å². The molecule has 0 amide bonds. The third kappa shape index (κ3) is 6.44. The van der Waals surface area contributed by atoms with Crippen molar-refractivity contribution in [2.75, 3.05) is 0 Å². The maximum Gasteiger partial charge on any atom is 0.0394 e. The van der Waals surface area contributed by atoms with Gasteiger partial charge < -0.3 is 0 Å². The van der Waals surface area contributed by atoms with Gasteiger partial charge in [0.15, 0.2) is 0 Å². The summed E-state index contributed by atoms with van der Waals surface area (Å²) in [5, 5.41) is 0. The maximum absolute atomic E-state index is 4.98. The van der Waals surface area contributed by atoms with Crippen LogP contribution in [0.1, 0.15) is 60.8 Å². The van der Waals surface area contributed by atoms with Crippen molar-refractivity contribution in [1.82, 2.24) is 0 Å². The van der Waals surface area contributed by atoms with Gasteiger partial charge in [-0.3, -0.25) is 4.99 Å². The van der Waals surface area contributed by atoms with Crippen LogP contribution in [0.25, 0.3) is 0 Å². The smallest absolute Gasteiger partial charge is 0.0394 e. The number of aliphatic imine (C=N–C) groups is 1. The van der Waals surface area contributed by atoms with E-state index in [1.807, 2.05) is 0 Å². The molecule has 1 rings (SSSR count). The standard InChI is InChI=1S/C25H37N/c1-8-14-19(5)24(10-3)21(7)25(11-4)26-20(6)17-18-22(9-2)23-15-12-13-16-23/h8-15,19,21,24H,3,16-18H2,1-2,4-7H3/b14-8-,22-9+,25-11-,26-20?. The first-order valence-electron chi connectivity index (χ1n) is 9.95. The molecule has 0 saturated carbocycles. The molecule has 0 spiro atoms. The minimum atomic E-state index is 0.363. The van der Waals surface area contributed by atoms with Crippen LogP contribution in [-0.2, 0) is 0 Å². The fourth-order valence-electron chi connectivity index (χ4n) is 3.70. The van der Waals surface area contributed by atoms with Crippen LogP contribution in [-0.4, -0.2) is 5.71 Å². The van der Waals surface area contributed by atoms with Crippen molar-refractivity contribution in [3.63, 3.8) is 0 Å². The van der Waals surface area contributed by atoms with E-state index in [2.05, 4.69) is 96.7 Å². The average molecular weight is 352 g/mol. The van der Waals surface area contributed by atoms with Crippen LogP contribution >= 0.6 is 0 Å². The van der Waals surface area contributed by atoms with Gasteiger partial charge in [-0.1, -0.05) is 62.5 Å². The summed E-state index contributed by atoms with van der Waals surface area (Å²) in [4.78, 5) is 4.98. The maximum atomic E-state index is 4.98. The second kappa shape index (κ2) is 11.7. The molecular weight excluding hydrogens is 314 g/mol. The molecule has 1 aliphatic carbocycles. The molecule has 26 heavy (non-hydrogen) atoms. The number of nitrogens with zero attached hydrogens (tertiary/aromatic N) is 1. The molecule has 0 N–H and O–H groups in total. The zero-order valence-electron chi connectivity index (χ0n) is 17.6. The van der Waals surface area contributed by atoms with Gasteiger partial charge in [0, 0.05) is 17.3 Å². The van der Waals surface area contributed by atoms with Crippen LogP contribution in [0, 0.1) is 17.8 Å². The van der Waals surface area contributed by atoms with E-state index in [1.54, 1.807) is 0 Å². The van der Waals surface area contributed by atoms with Crippen molar-refractivity contribution >= 4 is 5.71 Å². The van der Waals surface area contributed by atoms with Gasteiger partial charge in [-0.15, -0.1) is 6.58 Å². The Hall–Kier alpha value is -1.89. The summed E-state index contributed by atoms with van der Waals surface area (Å²) in [6.45, 7) is 17.1. The molecule has 0 radical (unpaired) electrons. The molecule has 0 aromatic carbocycles. The Morgan fingerprint density at radius 2 is 1.92 bits per heavy atom. The summed E-state index contributed by atoms with van der Waals surface area (Å²) in [7, 11) is 0. The lowest BCUT2D eigenvalue weighted by Crippen LogP contribution is -2.18. The highest BCUT2D eigenvalue weighted by Gasteiger charge is 2.22. The number of hydrogen-bond donors (Lipinski definition) is 0. The zero-order chi connectivity index (χ0) is 19.5. The highest BCUT2D eigenvalue weighted by Crippen LogP contribution is 2.30. The van der Waals surface area contributed by atoms with Crippen LogP contribution in [0.5, 0.6) is 0 Å². The van der Waals surface area contributed by atoms with Gasteiger partial charge in [-0.25, -0.2) is 0 Å². The molecule has 3 unspecified atom stereocenters. The molecule has 1 nitrogen and oxygen atoms in total. The number of hydrogen-bond acceptors (Lipinski definition) is 1. The summed E-state index contributed by atoms with van der Waals surface area (Å²) < 4.78 is 0. The summed E-state index contributed by atoms with van der Waals surface area (Å²) in [5.74, 6) is 1.23. The van der Waals surface area contributed by atoms with Crippen molar-refractivity contribution in [1.29, 1.82) is 0 Å². The van der Waals surface area contributed by atoms with Crippen molar-refractivity contribution in [3.8, 4) is 0 Å². The van der Waals surface area contributed by atoms with E-state index >= 15 is 0 Å².